The highest BCUT2D eigenvalue weighted by atomic mass is 79.9. The third-order valence-electron chi connectivity index (χ3n) is 3.65. The summed E-state index contributed by atoms with van der Waals surface area (Å²) in [5.74, 6) is 1.34. The number of nitrogens with zero attached hydrogens (tertiary/aromatic N) is 4. The molecule has 110 valence electrons. The van der Waals surface area contributed by atoms with Crippen LogP contribution < -0.4 is 9.80 Å². The van der Waals surface area contributed by atoms with E-state index in [2.05, 4.69) is 47.8 Å². The highest BCUT2D eigenvalue weighted by molar-refractivity contribution is 9.10. The van der Waals surface area contributed by atoms with E-state index in [0.717, 1.165) is 36.6 Å². The molecule has 2 aromatic rings. The van der Waals surface area contributed by atoms with E-state index < -0.39 is 0 Å². The highest BCUT2D eigenvalue weighted by Gasteiger charge is 2.20. The van der Waals surface area contributed by atoms with Crippen molar-refractivity contribution in [2.24, 2.45) is 0 Å². The highest BCUT2D eigenvalue weighted by Crippen LogP contribution is 2.27. The average molecular weight is 368 g/mol. The summed E-state index contributed by atoms with van der Waals surface area (Å²) in [7, 11) is 0. The lowest BCUT2D eigenvalue weighted by molar-refractivity contribution is 0.638. The Kier molecular flexibility index (Phi) is 4.60. The second-order valence-electron chi connectivity index (χ2n) is 4.93. The van der Waals surface area contributed by atoms with Crippen molar-refractivity contribution < 1.29 is 0 Å². The van der Waals surface area contributed by atoms with Crippen LogP contribution in [0.15, 0.2) is 41.1 Å². The van der Waals surface area contributed by atoms with E-state index in [4.69, 9.17) is 11.6 Å². The Bertz CT molecular complexity index is 600. The fraction of sp³-hybridized carbons (Fsp3) is 0.333. The number of piperazine rings is 1. The molecule has 3 rings (SSSR count). The van der Waals surface area contributed by atoms with Gasteiger partial charge in [0.1, 0.15) is 0 Å². The fourth-order valence-corrected chi connectivity index (χ4v) is 3.12. The Labute approximate surface area is 137 Å². The lowest BCUT2D eigenvalue weighted by atomic mass is 10.1. The molecule has 1 aliphatic rings. The van der Waals surface area contributed by atoms with Gasteiger partial charge < -0.3 is 9.80 Å². The molecule has 0 atom stereocenters. The van der Waals surface area contributed by atoms with E-state index in [-0.39, 0.29) is 0 Å². The van der Waals surface area contributed by atoms with E-state index in [1.54, 1.807) is 12.4 Å². The smallest absolute Gasteiger partial charge is 0.225 e. The Balaban J connectivity index is 1.73. The number of anilines is 2. The van der Waals surface area contributed by atoms with Gasteiger partial charge in [-0.05, 0) is 23.8 Å². The van der Waals surface area contributed by atoms with Gasteiger partial charge in [0.15, 0.2) is 0 Å². The first kappa shape index (κ1) is 14.6. The van der Waals surface area contributed by atoms with Crippen molar-refractivity contribution in [2.75, 3.05) is 36.0 Å². The molecule has 1 aliphatic heterocycles. The van der Waals surface area contributed by atoms with Crippen molar-refractivity contribution in [1.29, 1.82) is 0 Å². The predicted octanol–water partition coefficient (Wildman–Crippen LogP) is 3.30. The average Bonchev–Trinajstić information content (AvgIpc) is 2.56. The summed E-state index contributed by atoms with van der Waals surface area (Å²) in [5, 5.41) is 0. The van der Waals surface area contributed by atoms with Crippen LogP contribution in [0.3, 0.4) is 0 Å². The molecule has 1 fully saturated rings. The molecule has 1 aromatic heterocycles. The second-order valence-corrected chi connectivity index (χ2v) is 6.11. The molecule has 6 heteroatoms. The molecule has 0 N–H and O–H groups in total. The van der Waals surface area contributed by atoms with Gasteiger partial charge in [-0.25, -0.2) is 9.97 Å². The van der Waals surface area contributed by atoms with Gasteiger partial charge in [0.25, 0.3) is 0 Å². The molecule has 0 radical (unpaired) electrons. The van der Waals surface area contributed by atoms with Crippen LogP contribution in [0.5, 0.6) is 0 Å². The maximum absolute atomic E-state index is 6.06. The third-order valence-corrected chi connectivity index (χ3v) is 4.43. The zero-order valence-electron chi connectivity index (χ0n) is 11.5. The second kappa shape index (κ2) is 6.62. The number of rotatable bonds is 3. The summed E-state index contributed by atoms with van der Waals surface area (Å²) >= 11 is 9.60. The maximum atomic E-state index is 6.06. The van der Waals surface area contributed by atoms with Crippen LogP contribution in [-0.4, -0.2) is 36.1 Å². The Morgan fingerprint density at radius 3 is 2.38 bits per heavy atom. The van der Waals surface area contributed by atoms with Crippen LogP contribution in [0.2, 0.25) is 0 Å². The number of aromatic nitrogens is 2. The quantitative estimate of drug-likeness (QED) is 0.779. The van der Waals surface area contributed by atoms with Crippen LogP contribution in [0.25, 0.3) is 0 Å². The molecular formula is C15H16BrClN4. The number of alkyl halides is 1. The van der Waals surface area contributed by atoms with E-state index in [9.17, 15) is 0 Å². The molecule has 1 aromatic carbocycles. The first-order valence-electron chi connectivity index (χ1n) is 6.89. The summed E-state index contributed by atoms with van der Waals surface area (Å²) in [6, 6.07) is 8.11. The fourth-order valence-electron chi connectivity index (χ4n) is 2.55. The molecule has 21 heavy (non-hydrogen) atoms. The number of benzene rings is 1. The number of halogens is 2. The first-order valence-corrected chi connectivity index (χ1v) is 8.22. The largest absolute Gasteiger partial charge is 0.368 e. The van der Waals surface area contributed by atoms with E-state index in [1.807, 2.05) is 12.1 Å². The van der Waals surface area contributed by atoms with Crippen molar-refractivity contribution in [3.8, 4) is 0 Å². The standard InChI is InChI=1S/C15H16BrClN4/c16-13-3-2-12(11-17)14(10-13)20-6-8-21(9-7-20)15-18-4-1-5-19-15/h1-5,10H,6-9,11H2. The van der Waals surface area contributed by atoms with E-state index in [1.165, 1.54) is 11.3 Å². The monoisotopic (exact) mass is 366 g/mol. The van der Waals surface area contributed by atoms with Gasteiger partial charge in [0, 0.05) is 54.6 Å². The minimum absolute atomic E-state index is 0.532. The van der Waals surface area contributed by atoms with Crippen LogP contribution in [0.4, 0.5) is 11.6 Å². The summed E-state index contributed by atoms with van der Waals surface area (Å²) in [5.41, 5.74) is 2.39. The molecule has 2 heterocycles. The molecule has 1 saturated heterocycles. The van der Waals surface area contributed by atoms with Crippen LogP contribution in [0, 0.1) is 0 Å². The van der Waals surface area contributed by atoms with Crippen LogP contribution in [0.1, 0.15) is 5.56 Å². The Morgan fingerprint density at radius 2 is 1.71 bits per heavy atom. The van der Waals surface area contributed by atoms with Gasteiger partial charge in [-0.15, -0.1) is 11.6 Å². The Morgan fingerprint density at radius 1 is 1.05 bits per heavy atom. The van der Waals surface area contributed by atoms with E-state index >= 15 is 0 Å². The molecular weight excluding hydrogens is 352 g/mol. The molecule has 0 bridgehead atoms. The van der Waals surface area contributed by atoms with Crippen LogP contribution in [-0.2, 0) is 5.88 Å². The molecule has 0 unspecified atom stereocenters. The molecule has 0 saturated carbocycles. The molecule has 4 nitrogen and oxygen atoms in total. The van der Waals surface area contributed by atoms with Gasteiger partial charge in [-0.2, -0.15) is 0 Å². The number of hydrogen-bond donors (Lipinski definition) is 0. The van der Waals surface area contributed by atoms with Gasteiger partial charge in [-0.3, -0.25) is 0 Å². The predicted molar refractivity (Wildman–Crippen MR) is 90.2 cm³/mol. The topological polar surface area (TPSA) is 32.3 Å². The zero-order valence-corrected chi connectivity index (χ0v) is 13.9. The van der Waals surface area contributed by atoms with Gasteiger partial charge in [-0.1, -0.05) is 22.0 Å². The minimum atomic E-state index is 0.532. The van der Waals surface area contributed by atoms with Crippen molar-refractivity contribution in [2.45, 2.75) is 5.88 Å². The SMILES string of the molecule is ClCc1ccc(Br)cc1N1CCN(c2ncccn2)CC1. The summed E-state index contributed by atoms with van der Waals surface area (Å²) in [6.45, 7) is 3.72. The molecule has 0 amide bonds. The Hall–Kier alpha value is -1.33. The van der Waals surface area contributed by atoms with Crippen molar-refractivity contribution in [3.63, 3.8) is 0 Å². The summed E-state index contributed by atoms with van der Waals surface area (Å²) in [4.78, 5) is 13.2. The molecule has 0 aliphatic carbocycles. The summed E-state index contributed by atoms with van der Waals surface area (Å²) < 4.78 is 1.08. The van der Waals surface area contributed by atoms with Crippen molar-refractivity contribution in [1.82, 2.24) is 9.97 Å². The zero-order chi connectivity index (χ0) is 14.7. The first-order chi connectivity index (χ1) is 10.3. The lowest BCUT2D eigenvalue weighted by Crippen LogP contribution is -2.47. The maximum Gasteiger partial charge on any atom is 0.225 e. The minimum Gasteiger partial charge on any atom is -0.368 e. The van der Waals surface area contributed by atoms with Gasteiger partial charge >= 0.3 is 0 Å². The summed E-state index contributed by atoms with van der Waals surface area (Å²) in [6.07, 6.45) is 3.57. The normalized spacial score (nSPS) is 15.3. The van der Waals surface area contributed by atoms with Crippen molar-refractivity contribution >= 4 is 39.2 Å². The lowest BCUT2D eigenvalue weighted by Gasteiger charge is -2.37. The van der Waals surface area contributed by atoms with Gasteiger partial charge in [0.2, 0.25) is 5.95 Å². The van der Waals surface area contributed by atoms with E-state index in [0.29, 0.717) is 5.88 Å². The number of hydrogen-bond acceptors (Lipinski definition) is 4. The van der Waals surface area contributed by atoms with Gasteiger partial charge in [0.05, 0.1) is 0 Å². The van der Waals surface area contributed by atoms with Crippen molar-refractivity contribution in [3.05, 3.63) is 46.7 Å². The molecule has 0 spiro atoms. The van der Waals surface area contributed by atoms with Crippen LogP contribution >= 0.6 is 27.5 Å². The third kappa shape index (κ3) is 3.30.